The second-order valence-electron chi connectivity index (χ2n) is 8.48. The quantitative estimate of drug-likeness (QED) is 0.354. The normalized spacial score (nSPS) is 14.2. The number of hydrogen-bond donors (Lipinski definition) is 0. The van der Waals surface area contributed by atoms with Crippen molar-refractivity contribution in [3.63, 3.8) is 0 Å². The van der Waals surface area contributed by atoms with Crippen LogP contribution in [0, 0.1) is 0 Å². The average molecular weight is 493 g/mol. The zero-order chi connectivity index (χ0) is 25.3. The second-order valence-corrected chi connectivity index (χ2v) is 8.48. The standard InChI is InChI=1S/C27H23F3N4O2/c1-36-26(35)19-7-12-22-23(17-19)32-25(24(31-22)18-5-3-2-4-6-18)34-15-13-33(14-16-34)21-10-8-20(9-11-21)27(28,29)30/h2-12,17H,13-16H2,1H3. The fraction of sp³-hybridized carbons (Fsp3) is 0.222. The maximum Gasteiger partial charge on any atom is 0.416 e. The van der Waals surface area contributed by atoms with E-state index in [9.17, 15) is 18.0 Å². The van der Waals surface area contributed by atoms with Crippen LogP contribution < -0.4 is 9.80 Å². The van der Waals surface area contributed by atoms with E-state index in [0.717, 1.165) is 29.1 Å². The Morgan fingerprint density at radius 1 is 0.833 bits per heavy atom. The van der Waals surface area contributed by atoms with Gasteiger partial charge in [0.15, 0.2) is 5.82 Å². The van der Waals surface area contributed by atoms with Crippen LogP contribution in [0.2, 0.25) is 0 Å². The lowest BCUT2D eigenvalue weighted by Crippen LogP contribution is -2.47. The number of carbonyl (C=O) groups excluding carboxylic acids is 1. The van der Waals surface area contributed by atoms with E-state index in [0.29, 0.717) is 48.6 Å². The van der Waals surface area contributed by atoms with Crippen molar-refractivity contribution in [3.8, 4) is 11.3 Å². The maximum absolute atomic E-state index is 12.9. The van der Waals surface area contributed by atoms with Gasteiger partial charge in [-0.2, -0.15) is 13.2 Å². The van der Waals surface area contributed by atoms with E-state index in [1.165, 1.54) is 19.2 Å². The smallest absolute Gasteiger partial charge is 0.416 e. The number of aromatic nitrogens is 2. The Morgan fingerprint density at radius 3 is 2.14 bits per heavy atom. The van der Waals surface area contributed by atoms with Crippen molar-refractivity contribution in [2.75, 3.05) is 43.1 Å². The predicted molar refractivity (Wildman–Crippen MR) is 132 cm³/mol. The van der Waals surface area contributed by atoms with Crippen molar-refractivity contribution in [3.05, 3.63) is 83.9 Å². The molecule has 9 heteroatoms. The van der Waals surface area contributed by atoms with Crippen LogP contribution in [0.15, 0.2) is 72.8 Å². The fourth-order valence-corrected chi connectivity index (χ4v) is 4.34. The summed E-state index contributed by atoms with van der Waals surface area (Å²) in [5.74, 6) is 0.250. The SMILES string of the molecule is COC(=O)c1ccc2nc(-c3ccccc3)c(N3CCN(c4ccc(C(F)(F)F)cc4)CC3)nc2c1. The molecule has 0 spiro atoms. The van der Waals surface area contributed by atoms with Crippen LogP contribution in [0.5, 0.6) is 0 Å². The summed E-state index contributed by atoms with van der Waals surface area (Å²) in [7, 11) is 1.33. The van der Waals surface area contributed by atoms with Gasteiger partial charge in [0.1, 0.15) is 5.69 Å². The van der Waals surface area contributed by atoms with Crippen LogP contribution in [-0.4, -0.2) is 49.2 Å². The van der Waals surface area contributed by atoms with Crippen molar-refractivity contribution in [2.24, 2.45) is 0 Å². The van der Waals surface area contributed by atoms with Gasteiger partial charge in [0.05, 0.1) is 29.3 Å². The third kappa shape index (κ3) is 4.68. The first-order valence-electron chi connectivity index (χ1n) is 11.5. The topological polar surface area (TPSA) is 58.6 Å². The molecule has 1 aromatic heterocycles. The minimum Gasteiger partial charge on any atom is -0.465 e. The number of anilines is 2. The van der Waals surface area contributed by atoms with E-state index >= 15 is 0 Å². The van der Waals surface area contributed by atoms with Gasteiger partial charge < -0.3 is 14.5 Å². The van der Waals surface area contributed by atoms with Gasteiger partial charge in [-0.3, -0.25) is 0 Å². The van der Waals surface area contributed by atoms with E-state index < -0.39 is 17.7 Å². The molecule has 0 bridgehead atoms. The number of fused-ring (bicyclic) bond motifs is 1. The summed E-state index contributed by atoms with van der Waals surface area (Å²) in [4.78, 5) is 26.0. The lowest BCUT2D eigenvalue weighted by atomic mass is 10.1. The highest BCUT2D eigenvalue weighted by molar-refractivity contribution is 5.94. The van der Waals surface area contributed by atoms with Gasteiger partial charge in [-0.1, -0.05) is 30.3 Å². The largest absolute Gasteiger partial charge is 0.465 e. The molecule has 2 heterocycles. The molecular weight excluding hydrogens is 469 g/mol. The number of nitrogens with zero attached hydrogens (tertiary/aromatic N) is 4. The molecule has 1 aliphatic heterocycles. The van der Waals surface area contributed by atoms with Crippen LogP contribution >= 0.6 is 0 Å². The number of halogens is 3. The third-order valence-electron chi connectivity index (χ3n) is 6.25. The molecule has 0 radical (unpaired) electrons. The van der Waals surface area contributed by atoms with Crippen LogP contribution in [-0.2, 0) is 10.9 Å². The zero-order valence-corrected chi connectivity index (χ0v) is 19.5. The number of ether oxygens (including phenoxy) is 1. The Bertz CT molecular complexity index is 1380. The second kappa shape index (κ2) is 9.49. The van der Waals surface area contributed by atoms with Crippen molar-refractivity contribution < 1.29 is 22.7 Å². The number of hydrogen-bond acceptors (Lipinski definition) is 6. The highest BCUT2D eigenvalue weighted by Crippen LogP contribution is 2.33. The summed E-state index contributed by atoms with van der Waals surface area (Å²) < 4.78 is 43.6. The van der Waals surface area contributed by atoms with E-state index in [-0.39, 0.29) is 0 Å². The molecule has 3 aromatic carbocycles. The summed E-state index contributed by atoms with van der Waals surface area (Å²) in [6.07, 6.45) is -4.35. The molecule has 0 unspecified atom stereocenters. The molecule has 1 aliphatic rings. The Hall–Kier alpha value is -4.14. The highest BCUT2D eigenvalue weighted by Gasteiger charge is 2.30. The summed E-state index contributed by atoms with van der Waals surface area (Å²) >= 11 is 0. The molecule has 0 saturated carbocycles. The first-order valence-corrected chi connectivity index (χ1v) is 11.5. The van der Waals surface area contributed by atoms with Crippen molar-refractivity contribution in [1.29, 1.82) is 0 Å². The van der Waals surface area contributed by atoms with Crippen LogP contribution in [0.4, 0.5) is 24.7 Å². The van der Waals surface area contributed by atoms with Gasteiger partial charge in [0.2, 0.25) is 0 Å². The molecule has 5 rings (SSSR count). The molecule has 0 aliphatic carbocycles. The summed E-state index contributed by atoms with van der Waals surface area (Å²) in [6.45, 7) is 2.44. The highest BCUT2D eigenvalue weighted by atomic mass is 19.4. The van der Waals surface area contributed by atoms with Crippen molar-refractivity contribution >= 4 is 28.5 Å². The summed E-state index contributed by atoms with van der Waals surface area (Å²) in [5.41, 5.74) is 3.38. The summed E-state index contributed by atoms with van der Waals surface area (Å²) in [6, 6.07) is 20.1. The Kier molecular flexibility index (Phi) is 6.22. The third-order valence-corrected chi connectivity index (χ3v) is 6.25. The molecule has 36 heavy (non-hydrogen) atoms. The molecule has 0 amide bonds. The van der Waals surface area contributed by atoms with Crippen LogP contribution in [0.25, 0.3) is 22.3 Å². The first-order chi connectivity index (χ1) is 17.3. The lowest BCUT2D eigenvalue weighted by Gasteiger charge is -2.37. The number of alkyl halides is 3. The average Bonchev–Trinajstić information content (AvgIpc) is 2.91. The Balaban J connectivity index is 1.45. The monoisotopic (exact) mass is 492 g/mol. The van der Waals surface area contributed by atoms with Crippen LogP contribution in [0.3, 0.4) is 0 Å². The minimum absolute atomic E-state index is 0.393. The minimum atomic E-state index is -4.35. The Labute approximate surface area is 206 Å². The molecule has 1 fully saturated rings. The molecule has 4 aromatic rings. The maximum atomic E-state index is 12.9. The predicted octanol–water partition coefficient (Wildman–Crippen LogP) is 5.43. The lowest BCUT2D eigenvalue weighted by molar-refractivity contribution is -0.137. The van der Waals surface area contributed by atoms with E-state index in [4.69, 9.17) is 14.7 Å². The van der Waals surface area contributed by atoms with Crippen LogP contribution in [0.1, 0.15) is 15.9 Å². The van der Waals surface area contributed by atoms with Crippen molar-refractivity contribution in [2.45, 2.75) is 6.18 Å². The number of carbonyl (C=O) groups is 1. The number of esters is 1. The van der Waals surface area contributed by atoms with E-state index in [1.807, 2.05) is 30.3 Å². The van der Waals surface area contributed by atoms with E-state index in [1.54, 1.807) is 18.2 Å². The number of rotatable bonds is 4. The number of benzene rings is 3. The van der Waals surface area contributed by atoms with Gasteiger partial charge in [0, 0.05) is 37.4 Å². The zero-order valence-electron chi connectivity index (χ0n) is 19.5. The van der Waals surface area contributed by atoms with Crippen molar-refractivity contribution in [1.82, 2.24) is 9.97 Å². The molecule has 1 saturated heterocycles. The van der Waals surface area contributed by atoms with Gasteiger partial charge in [-0.15, -0.1) is 0 Å². The molecule has 0 N–H and O–H groups in total. The number of piperazine rings is 1. The summed E-state index contributed by atoms with van der Waals surface area (Å²) in [5, 5.41) is 0. The van der Waals surface area contributed by atoms with E-state index in [2.05, 4.69) is 9.80 Å². The van der Waals surface area contributed by atoms with Gasteiger partial charge in [0.25, 0.3) is 0 Å². The molecule has 184 valence electrons. The molecule has 6 nitrogen and oxygen atoms in total. The van der Waals surface area contributed by atoms with Gasteiger partial charge in [-0.05, 0) is 42.5 Å². The fourth-order valence-electron chi connectivity index (χ4n) is 4.34. The van der Waals surface area contributed by atoms with Gasteiger partial charge >= 0.3 is 12.1 Å². The molecule has 0 atom stereocenters. The first kappa shape index (κ1) is 23.6. The molecular formula is C27H23F3N4O2. The Morgan fingerprint density at radius 2 is 1.50 bits per heavy atom. The van der Waals surface area contributed by atoms with Gasteiger partial charge in [-0.25, -0.2) is 14.8 Å². The number of methoxy groups -OCH3 is 1.